The Hall–Kier alpha value is -0.660. The zero-order valence-electron chi connectivity index (χ0n) is 11.0. The molecule has 0 aliphatic carbocycles. The van der Waals surface area contributed by atoms with Crippen LogP contribution in [-0.2, 0) is 0 Å². The van der Waals surface area contributed by atoms with Gasteiger partial charge >= 0.3 is 0 Å². The van der Waals surface area contributed by atoms with Crippen LogP contribution in [0.25, 0.3) is 0 Å². The summed E-state index contributed by atoms with van der Waals surface area (Å²) in [6.07, 6.45) is 1.86. The highest BCUT2D eigenvalue weighted by molar-refractivity contribution is 7.13. The van der Waals surface area contributed by atoms with E-state index in [1.807, 2.05) is 23.0 Å². The van der Waals surface area contributed by atoms with E-state index in [2.05, 4.69) is 14.8 Å². The van der Waals surface area contributed by atoms with Gasteiger partial charge in [0.1, 0.15) is 0 Å². The number of thiazole rings is 1. The second-order valence-corrected chi connectivity index (χ2v) is 7.01. The molecule has 0 amide bonds. The number of halogens is 1. The first-order valence-corrected chi connectivity index (χ1v) is 8.74. The zero-order chi connectivity index (χ0) is 13.9. The molecule has 1 saturated heterocycles. The average molecular weight is 329 g/mol. The van der Waals surface area contributed by atoms with Gasteiger partial charge in [0, 0.05) is 54.6 Å². The molecule has 0 saturated carbocycles. The number of piperazine rings is 1. The van der Waals surface area contributed by atoms with Crippen LogP contribution in [0.2, 0.25) is 5.02 Å². The van der Waals surface area contributed by atoms with Crippen LogP contribution in [-0.4, -0.2) is 42.6 Å². The molecule has 1 aliphatic rings. The van der Waals surface area contributed by atoms with Crippen LogP contribution in [0.5, 0.6) is 0 Å². The first-order chi connectivity index (χ1) is 9.78. The maximum absolute atomic E-state index is 6.03. The monoisotopic (exact) mass is 328 g/mol. The minimum Gasteiger partial charge on any atom is -0.346 e. The lowest BCUT2D eigenvalue weighted by atomic mass is 10.1. The Morgan fingerprint density at radius 1 is 1.30 bits per heavy atom. The highest BCUT2D eigenvalue weighted by atomic mass is 35.5. The van der Waals surface area contributed by atoms with Gasteiger partial charge < -0.3 is 10.6 Å². The van der Waals surface area contributed by atoms with Crippen LogP contribution in [0.4, 0.5) is 5.13 Å². The molecule has 7 heteroatoms. The summed E-state index contributed by atoms with van der Waals surface area (Å²) in [6, 6.07) is 2.32. The predicted octanol–water partition coefficient (Wildman–Crippen LogP) is 2.68. The summed E-state index contributed by atoms with van der Waals surface area (Å²) in [5.74, 6) is 0. The van der Waals surface area contributed by atoms with Crippen LogP contribution in [0.1, 0.15) is 10.9 Å². The maximum atomic E-state index is 6.03. The minimum atomic E-state index is 0.283. The molecule has 1 aliphatic heterocycles. The molecule has 1 fully saturated rings. The van der Waals surface area contributed by atoms with Crippen molar-refractivity contribution in [3.63, 3.8) is 0 Å². The van der Waals surface area contributed by atoms with Gasteiger partial charge in [-0.05, 0) is 6.07 Å². The summed E-state index contributed by atoms with van der Waals surface area (Å²) in [4.78, 5) is 10.4. The molecule has 0 bridgehead atoms. The largest absolute Gasteiger partial charge is 0.346 e. The summed E-state index contributed by atoms with van der Waals surface area (Å²) < 4.78 is 0. The molecule has 0 aromatic carbocycles. The number of aromatic nitrogens is 1. The molecular weight excluding hydrogens is 312 g/mol. The number of hydrogen-bond donors (Lipinski definition) is 1. The lowest BCUT2D eigenvalue weighted by Crippen LogP contribution is -2.48. The third-order valence-corrected chi connectivity index (χ3v) is 5.80. The Kier molecular flexibility index (Phi) is 4.58. The molecule has 2 aromatic rings. The minimum absolute atomic E-state index is 0.283. The molecule has 20 heavy (non-hydrogen) atoms. The van der Waals surface area contributed by atoms with Crippen molar-refractivity contribution in [1.29, 1.82) is 0 Å². The van der Waals surface area contributed by atoms with E-state index in [1.54, 1.807) is 22.7 Å². The molecule has 1 unspecified atom stereocenters. The standard InChI is InChI=1S/C13H17ClN4S2/c14-10-7-12(20-9-10)11(8-15)17-2-4-18(5-3-17)13-16-1-6-19-13/h1,6-7,9,11H,2-5,8,15H2. The quantitative estimate of drug-likeness (QED) is 0.937. The number of anilines is 1. The van der Waals surface area contributed by atoms with Crippen molar-refractivity contribution in [2.75, 3.05) is 37.6 Å². The molecule has 2 N–H and O–H groups in total. The average Bonchev–Trinajstić information content (AvgIpc) is 3.12. The SMILES string of the molecule is NCC(c1cc(Cl)cs1)N1CCN(c2nccs2)CC1. The van der Waals surface area contributed by atoms with E-state index in [0.29, 0.717) is 6.54 Å². The highest BCUT2D eigenvalue weighted by Crippen LogP contribution is 2.30. The summed E-state index contributed by atoms with van der Waals surface area (Å²) in [6.45, 7) is 4.66. The lowest BCUT2D eigenvalue weighted by molar-refractivity contribution is 0.193. The number of thiophene rings is 1. The van der Waals surface area contributed by atoms with Crippen molar-refractivity contribution in [2.45, 2.75) is 6.04 Å². The Bertz CT molecular complexity index is 534. The van der Waals surface area contributed by atoms with Gasteiger partial charge in [0.25, 0.3) is 0 Å². The van der Waals surface area contributed by atoms with E-state index in [1.165, 1.54) is 4.88 Å². The summed E-state index contributed by atoms with van der Waals surface area (Å²) in [5.41, 5.74) is 5.97. The summed E-state index contributed by atoms with van der Waals surface area (Å²) in [7, 11) is 0. The Morgan fingerprint density at radius 3 is 2.65 bits per heavy atom. The first kappa shape index (κ1) is 14.3. The van der Waals surface area contributed by atoms with Crippen molar-refractivity contribution >= 4 is 39.4 Å². The molecule has 4 nitrogen and oxygen atoms in total. The van der Waals surface area contributed by atoms with E-state index in [0.717, 1.165) is 36.3 Å². The molecule has 3 rings (SSSR count). The summed E-state index contributed by atoms with van der Waals surface area (Å²) in [5, 5.41) is 5.93. The topological polar surface area (TPSA) is 45.4 Å². The fourth-order valence-electron chi connectivity index (χ4n) is 2.55. The van der Waals surface area contributed by atoms with Crippen molar-refractivity contribution in [2.24, 2.45) is 5.73 Å². The second-order valence-electron chi connectivity index (χ2n) is 4.76. The van der Waals surface area contributed by atoms with E-state index in [-0.39, 0.29) is 6.04 Å². The summed E-state index contributed by atoms with van der Waals surface area (Å²) >= 11 is 9.42. The predicted molar refractivity (Wildman–Crippen MR) is 87.0 cm³/mol. The van der Waals surface area contributed by atoms with Gasteiger partial charge in [0.2, 0.25) is 0 Å². The van der Waals surface area contributed by atoms with Gasteiger partial charge in [-0.15, -0.1) is 22.7 Å². The molecule has 1 atom stereocenters. The molecular formula is C13H17ClN4S2. The number of nitrogens with zero attached hydrogens (tertiary/aromatic N) is 3. The molecule has 3 heterocycles. The maximum Gasteiger partial charge on any atom is 0.185 e. The van der Waals surface area contributed by atoms with E-state index in [9.17, 15) is 0 Å². The van der Waals surface area contributed by atoms with Crippen molar-refractivity contribution in [3.05, 3.63) is 32.9 Å². The van der Waals surface area contributed by atoms with Crippen LogP contribution >= 0.6 is 34.3 Å². The van der Waals surface area contributed by atoms with Crippen molar-refractivity contribution in [3.8, 4) is 0 Å². The van der Waals surface area contributed by atoms with Gasteiger partial charge in [-0.3, -0.25) is 4.90 Å². The van der Waals surface area contributed by atoms with Crippen LogP contribution < -0.4 is 10.6 Å². The third kappa shape index (κ3) is 2.99. The number of hydrogen-bond acceptors (Lipinski definition) is 6. The van der Waals surface area contributed by atoms with Gasteiger partial charge in [-0.25, -0.2) is 4.98 Å². The van der Waals surface area contributed by atoms with E-state index >= 15 is 0 Å². The fourth-order valence-corrected chi connectivity index (χ4v) is 4.47. The molecule has 0 radical (unpaired) electrons. The zero-order valence-corrected chi connectivity index (χ0v) is 13.4. The lowest BCUT2D eigenvalue weighted by Gasteiger charge is -2.38. The Balaban J connectivity index is 1.64. The Morgan fingerprint density at radius 2 is 2.10 bits per heavy atom. The van der Waals surface area contributed by atoms with E-state index in [4.69, 9.17) is 17.3 Å². The second kappa shape index (κ2) is 6.41. The van der Waals surface area contributed by atoms with Gasteiger partial charge in [0.15, 0.2) is 5.13 Å². The van der Waals surface area contributed by atoms with Crippen molar-refractivity contribution in [1.82, 2.24) is 9.88 Å². The van der Waals surface area contributed by atoms with Crippen LogP contribution in [0.3, 0.4) is 0 Å². The van der Waals surface area contributed by atoms with Gasteiger partial charge in [-0.1, -0.05) is 11.6 Å². The Labute approximate surface area is 131 Å². The number of nitrogens with two attached hydrogens (primary N) is 1. The number of rotatable bonds is 4. The molecule has 2 aromatic heterocycles. The van der Waals surface area contributed by atoms with Crippen LogP contribution in [0.15, 0.2) is 23.0 Å². The van der Waals surface area contributed by atoms with Crippen molar-refractivity contribution < 1.29 is 0 Å². The van der Waals surface area contributed by atoms with E-state index < -0.39 is 0 Å². The molecule has 0 spiro atoms. The third-order valence-electron chi connectivity index (χ3n) is 3.58. The molecule has 108 valence electrons. The normalized spacial score (nSPS) is 18.4. The van der Waals surface area contributed by atoms with Crippen LogP contribution in [0, 0.1) is 0 Å². The smallest absolute Gasteiger partial charge is 0.185 e. The highest BCUT2D eigenvalue weighted by Gasteiger charge is 2.25. The van der Waals surface area contributed by atoms with Gasteiger partial charge in [0.05, 0.1) is 11.1 Å². The first-order valence-electron chi connectivity index (χ1n) is 6.60. The fraction of sp³-hybridized carbons (Fsp3) is 0.462. The van der Waals surface area contributed by atoms with Gasteiger partial charge in [-0.2, -0.15) is 0 Å².